The highest BCUT2D eigenvalue weighted by Gasteiger charge is 2.25. The summed E-state index contributed by atoms with van der Waals surface area (Å²) in [6.45, 7) is 2.82. The van der Waals surface area contributed by atoms with Gasteiger partial charge in [-0.05, 0) is 50.4 Å². The van der Waals surface area contributed by atoms with Gasteiger partial charge in [0.25, 0.3) is 0 Å². The third-order valence-corrected chi connectivity index (χ3v) is 5.91. The molecule has 0 radical (unpaired) electrons. The molecule has 0 bridgehead atoms. The fourth-order valence-corrected chi connectivity index (χ4v) is 4.73. The molecule has 0 fully saturated rings. The minimum absolute atomic E-state index is 0.302. The molecule has 0 atom stereocenters. The van der Waals surface area contributed by atoms with Gasteiger partial charge in [-0.2, -0.15) is 5.10 Å². The highest BCUT2D eigenvalue weighted by atomic mass is 32.1. The third-order valence-electron chi connectivity index (χ3n) is 4.49. The molecule has 2 N–H and O–H groups in total. The van der Waals surface area contributed by atoms with Crippen molar-refractivity contribution in [1.82, 2.24) is 9.78 Å². The number of thiophene rings is 1. The van der Waals surface area contributed by atoms with E-state index in [-0.39, 0.29) is 5.97 Å². The van der Waals surface area contributed by atoms with Crippen LogP contribution in [0.4, 0.5) is 10.8 Å². The van der Waals surface area contributed by atoms with Crippen LogP contribution in [0.5, 0.6) is 0 Å². The molecule has 0 saturated carbocycles. The van der Waals surface area contributed by atoms with Crippen LogP contribution in [0.15, 0.2) is 12.3 Å². The Morgan fingerprint density at radius 1 is 1.31 bits per heavy atom. The Labute approximate surface area is 162 Å². The molecule has 0 spiro atoms. The van der Waals surface area contributed by atoms with E-state index in [0.29, 0.717) is 16.5 Å². The maximum absolute atomic E-state index is 12.4. The summed E-state index contributed by atoms with van der Waals surface area (Å²) in [7, 11) is 1.42. The number of hydrogen-bond donors (Lipinski definition) is 2. The van der Waals surface area contributed by atoms with Gasteiger partial charge in [-0.15, -0.1) is 11.3 Å². The second kappa shape index (κ2) is 8.64. The molecule has 8 heteroatoms. The van der Waals surface area contributed by atoms with Crippen LogP contribution in [0, 0.1) is 0 Å². The summed E-state index contributed by atoms with van der Waals surface area (Å²) in [4.78, 5) is 13.7. The molecule has 2 aromatic rings. The molecule has 0 amide bonds. The predicted octanol–water partition coefficient (Wildman–Crippen LogP) is 4.22. The van der Waals surface area contributed by atoms with Crippen LogP contribution in [-0.2, 0) is 24.1 Å². The lowest BCUT2D eigenvalue weighted by Crippen LogP contribution is -2.20. The van der Waals surface area contributed by atoms with Crippen molar-refractivity contribution in [2.75, 3.05) is 17.7 Å². The Hall–Kier alpha value is -1.93. The summed E-state index contributed by atoms with van der Waals surface area (Å²) in [5.74, 6) is 0.377. The molecule has 0 unspecified atom stereocenters. The van der Waals surface area contributed by atoms with E-state index in [2.05, 4.69) is 15.7 Å². The normalized spacial score (nSPS) is 14.1. The summed E-state index contributed by atoms with van der Waals surface area (Å²) in [5.41, 5.74) is 1.76. The Morgan fingerprint density at radius 3 is 2.77 bits per heavy atom. The number of methoxy groups -OCH3 is 1. The van der Waals surface area contributed by atoms with E-state index in [1.807, 2.05) is 23.9 Å². The van der Waals surface area contributed by atoms with Crippen molar-refractivity contribution in [3.63, 3.8) is 0 Å². The molecule has 140 valence electrons. The van der Waals surface area contributed by atoms with Gasteiger partial charge in [0.1, 0.15) is 5.00 Å². The van der Waals surface area contributed by atoms with Crippen molar-refractivity contribution in [2.24, 2.45) is 0 Å². The van der Waals surface area contributed by atoms with Crippen LogP contribution >= 0.6 is 23.6 Å². The zero-order valence-corrected chi connectivity index (χ0v) is 16.8. The van der Waals surface area contributed by atoms with Gasteiger partial charge in [0.15, 0.2) is 10.9 Å². The fraction of sp³-hybridized carbons (Fsp3) is 0.500. The monoisotopic (exact) mass is 392 g/mol. The molecule has 0 aromatic carbocycles. The second-order valence-electron chi connectivity index (χ2n) is 6.25. The number of carbonyl (C=O) groups is 1. The number of ether oxygens (including phenoxy) is 1. The molecule has 6 nitrogen and oxygen atoms in total. The molecule has 26 heavy (non-hydrogen) atoms. The average molecular weight is 393 g/mol. The van der Waals surface area contributed by atoms with Crippen molar-refractivity contribution in [2.45, 2.75) is 52.0 Å². The molecule has 0 aliphatic heterocycles. The van der Waals surface area contributed by atoms with Gasteiger partial charge in [0.05, 0.1) is 12.7 Å². The summed E-state index contributed by atoms with van der Waals surface area (Å²) >= 11 is 7.03. The quantitative estimate of drug-likeness (QED) is 0.600. The standard InChI is InChI=1S/C18H24N4O2S2/c1-3-22-11-10-14(21-22)19-18(25)20-16-15(17(23)24-2)12-8-6-4-5-7-9-13(12)26-16/h10-11H,3-9H2,1-2H3,(H2,19,20,21,25). The van der Waals surface area contributed by atoms with Crippen LogP contribution in [-0.4, -0.2) is 28.0 Å². The largest absolute Gasteiger partial charge is 0.465 e. The number of anilines is 2. The van der Waals surface area contributed by atoms with Gasteiger partial charge < -0.3 is 15.4 Å². The molecule has 2 aromatic heterocycles. The summed E-state index contributed by atoms with van der Waals surface area (Å²) in [5, 5.41) is 11.8. The van der Waals surface area contributed by atoms with Crippen LogP contribution in [0.3, 0.4) is 0 Å². The zero-order chi connectivity index (χ0) is 18.5. The van der Waals surface area contributed by atoms with Crippen molar-refractivity contribution in [3.8, 4) is 0 Å². The maximum Gasteiger partial charge on any atom is 0.341 e. The van der Waals surface area contributed by atoms with Crippen LogP contribution in [0.1, 0.15) is 53.4 Å². The van der Waals surface area contributed by atoms with Crippen LogP contribution < -0.4 is 10.6 Å². The lowest BCUT2D eigenvalue weighted by atomic mass is 9.96. The Morgan fingerprint density at radius 2 is 2.08 bits per heavy atom. The van der Waals surface area contributed by atoms with E-state index in [4.69, 9.17) is 17.0 Å². The number of aryl methyl sites for hydroxylation is 2. The average Bonchev–Trinajstić information content (AvgIpc) is 3.18. The van der Waals surface area contributed by atoms with Gasteiger partial charge in [-0.3, -0.25) is 4.68 Å². The number of thiocarbonyl (C=S) groups is 1. The maximum atomic E-state index is 12.4. The molecular weight excluding hydrogens is 368 g/mol. The van der Waals surface area contributed by atoms with E-state index < -0.39 is 0 Å². The van der Waals surface area contributed by atoms with Crippen molar-refractivity contribution >= 4 is 45.5 Å². The number of aromatic nitrogens is 2. The van der Waals surface area contributed by atoms with E-state index in [1.54, 1.807) is 11.3 Å². The SMILES string of the molecule is CCn1ccc(NC(=S)Nc2sc3c(c2C(=O)OC)CCCCCC3)n1. The highest BCUT2D eigenvalue weighted by Crippen LogP contribution is 2.37. The van der Waals surface area contributed by atoms with E-state index in [0.717, 1.165) is 42.8 Å². The minimum atomic E-state index is -0.302. The number of carbonyl (C=O) groups excluding carboxylic acids is 1. The first kappa shape index (κ1) is 18.8. The number of nitrogens with one attached hydrogen (secondary N) is 2. The zero-order valence-electron chi connectivity index (χ0n) is 15.1. The molecule has 1 aliphatic rings. The van der Waals surface area contributed by atoms with Crippen LogP contribution in [0.25, 0.3) is 0 Å². The minimum Gasteiger partial charge on any atom is -0.465 e. The number of nitrogens with zero attached hydrogens (tertiary/aromatic N) is 2. The van der Waals surface area contributed by atoms with Gasteiger partial charge >= 0.3 is 5.97 Å². The van der Waals surface area contributed by atoms with Gasteiger partial charge in [0, 0.05) is 23.7 Å². The number of esters is 1. The van der Waals surface area contributed by atoms with Gasteiger partial charge in [-0.25, -0.2) is 4.79 Å². The number of rotatable bonds is 4. The predicted molar refractivity (Wildman–Crippen MR) is 109 cm³/mol. The van der Waals surface area contributed by atoms with Crippen molar-refractivity contribution in [1.29, 1.82) is 0 Å². The number of fused-ring (bicyclic) bond motifs is 1. The first-order valence-electron chi connectivity index (χ1n) is 8.96. The summed E-state index contributed by atoms with van der Waals surface area (Å²) in [6.07, 6.45) is 8.52. The summed E-state index contributed by atoms with van der Waals surface area (Å²) < 4.78 is 6.86. The Kier molecular flexibility index (Phi) is 6.26. The van der Waals surface area contributed by atoms with Gasteiger partial charge in [0.2, 0.25) is 0 Å². The second-order valence-corrected chi connectivity index (χ2v) is 7.76. The fourth-order valence-electron chi connectivity index (χ4n) is 3.18. The van der Waals surface area contributed by atoms with Gasteiger partial charge in [-0.1, -0.05) is 12.8 Å². The first-order valence-corrected chi connectivity index (χ1v) is 10.2. The van der Waals surface area contributed by atoms with E-state index in [1.165, 1.54) is 24.8 Å². The lowest BCUT2D eigenvalue weighted by Gasteiger charge is -2.11. The molecular formula is C18H24N4O2S2. The van der Waals surface area contributed by atoms with E-state index >= 15 is 0 Å². The van der Waals surface area contributed by atoms with E-state index in [9.17, 15) is 4.79 Å². The third kappa shape index (κ3) is 4.24. The van der Waals surface area contributed by atoms with Crippen LogP contribution in [0.2, 0.25) is 0 Å². The molecule has 1 aliphatic carbocycles. The number of hydrogen-bond acceptors (Lipinski definition) is 5. The highest BCUT2D eigenvalue weighted by molar-refractivity contribution is 7.80. The topological polar surface area (TPSA) is 68.2 Å². The van der Waals surface area contributed by atoms with Crippen molar-refractivity contribution < 1.29 is 9.53 Å². The lowest BCUT2D eigenvalue weighted by molar-refractivity contribution is 0.0601. The smallest absolute Gasteiger partial charge is 0.341 e. The molecule has 3 rings (SSSR count). The Balaban J connectivity index is 1.82. The molecule has 2 heterocycles. The summed E-state index contributed by atoms with van der Waals surface area (Å²) in [6, 6.07) is 1.87. The molecule has 0 saturated heterocycles. The van der Waals surface area contributed by atoms with Crippen molar-refractivity contribution in [3.05, 3.63) is 28.3 Å². The first-order chi connectivity index (χ1) is 12.6. The Bertz CT molecular complexity index is 797.